The summed E-state index contributed by atoms with van der Waals surface area (Å²) >= 11 is 0. The molecule has 0 radical (unpaired) electrons. The molecule has 4 aromatic heterocycles. The molecular formula is C38H34N12O3. The summed E-state index contributed by atoms with van der Waals surface area (Å²) in [5, 5.41) is 34.7. The maximum absolute atomic E-state index is 13.0. The summed E-state index contributed by atoms with van der Waals surface area (Å²) in [6.07, 6.45) is 0. The molecule has 0 saturated carbocycles. The molecule has 0 bridgehead atoms. The number of aromatic amines is 2. The number of aromatic nitrogens is 8. The summed E-state index contributed by atoms with van der Waals surface area (Å²) in [6, 6.07) is 32.3. The molecule has 8 aromatic rings. The van der Waals surface area contributed by atoms with E-state index in [4.69, 9.17) is 5.73 Å². The fraction of sp³-hybridized carbons (Fsp3) is 0.0789. The molecule has 4 aromatic carbocycles. The minimum atomic E-state index is -0.230. The molecule has 15 heteroatoms. The molecule has 1 amide bonds. The van der Waals surface area contributed by atoms with Gasteiger partial charge in [0.05, 0.1) is 22.1 Å². The number of aryl methyl sites for hydroxylation is 2. The second-order valence-corrected chi connectivity index (χ2v) is 12.2. The maximum Gasteiger partial charge on any atom is 0.279 e. The molecular weight excluding hydrogens is 672 g/mol. The van der Waals surface area contributed by atoms with E-state index in [-0.39, 0.29) is 17.0 Å². The Morgan fingerprint density at radius 2 is 1.04 bits per heavy atom. The number of carbonyl (C=O) groups is 1. The number of anilines is 6. The first-order chi connectivity index (χ1) is 25.6. The van der Waals surface area contributed by atoms with Crippen LogP contribution < -0.4 is 32.8 Å². The standard InChI is InChI=1S/C20H18N6O2.C18H16N6O/c1-12-11-18(24-23-12)22-19-16-5-3-4-6-17(16)20(28)26(25-19)15-9-7-14(8-10-15)21-13(2)27;1-11-10-16(22-21-11)20-17-14-4-2-3-5-15(14)18(25)24(23-17)13-8-6-12(19)7-9-13/h3-11H,1-2H3,(H,21,27)(H2,22,23,24,25);2-10H,19H2,1H3,(H2,20,21,22,23). The number of rotatable bonds is 7. The Morgan fingerprint density at radius 1 is 0.623 bits per heavy atom. The minimum Gasteiger partial charge on any atom is -0.399 e. The molecule has 0 saturated heterocycles. The van der Waals surface area contributed by atoms with Gasteiger partial charge in [-0.15, -0.1) is 10.2 Å². The number of hydrogen-bond donors (Lipinski definition) is 6. The third kappa shape index (κ3) is 7.34. The van der Waals surface area contributed by atoms with Crippen molar-refractivity contribution in [2.75, 3.05) is 21.7 Å². The minimum absolute atomic E-state index is 0.158. The summed E-state index contributed by atoms with van der Waals surface area (Å²) in [7, 11) is 0. The number of amides is 1. The van der Waals surface area contributed by atoms with Crippen molar-refractivity contribution in [1.29, 1.82) is 0 Å². The summed E-state index contributed by atoms with van der Waals surface area (Å²) in [5.41, 5.74) is 9.67. The number of nitrogen functional groups attached to an aromatic ring is 1. The van der Waals surface area contributed by atoms with Crippen LogP contribution in [0.5, 0.6) is 0 Å². The molecule has 8 rings (SSSR count). The Morgan fingerprint density at radius 3 is 1.43 bits per heavy atom. The first-order valence-electron chi connectivity index (χ1n) is 16.5. The molecule has 0 fully saturated rings. The average molecular weight is 707 g/mol. The number of nitrogens with one attached hydrogen (secondary N) is 5. The zero-order valence-electron chi connectivity index (χ0n) is 28.9. The third-order valence-electron chi connectivity index (χ3n) is 8.08. The zero-order valence-corrected chi connectivity index (χ0v) is 28.9. The Bertz CT molecular complexity index is 2710. The van der Waals surface area contributed by atoms with Crippen LogP contribution in [-0.4, -0.2) is 45.9 Å². The Hall–Kier alpha value is -7.55. The lowest BCUT2D eigenvalue weighted by molar-refractivity contribution is -0.114. The predicted octanol–water partition coefficient (Wildman–Crippen LogP) is 5.86. The first kappa shape index (κ1) is 33.9. The highest BCUT2D eigenvalue weighted by atomic mass is 16.1. The SMILES string of the molecule is CC(=O)Nc1ccc(-n2nc(Nc3cc(C)[nH]n3)c3ccccc3c2=O)cc1.Cc1cc(Nc2nn(-c3ccc(N)cc3)c(=O)c3ccccc23)n[nH]1. The average Bonchev–Trinajstić information content (AvgIpc) is 3.77. The van der Waals surface area contributed by atoms with Crippen molar-refractivity contribution in [3.05, 3.63) is 141 Å². The number of fused-ring (bicyclic) bond motifs is 2. The largest absolute Gasteiger partial charge is 0.399 e. The van der Waals surface area contributed by atoms with Crippen molar-refractivity contribution < 1.29 is 4.79 Å². The molecule has 53 heavy (non-hydrogen) atoms. The Labute approximate surface area is 301 Å². The fourth-order valence-corrected chi connectivity index (χ4v) is 5.63. The maximum atomic E-state index is 13.0. The summed E-state index contributed by atoms with van der Waals surface area (Å²) in [6.45, 7) is 5.26. The van der Waals surface area contributed by atoms with Crippen LogP contribution >= 0.6 is 0 Å². The molecule has 7 N–H and O–H groups in total. The zero-order chi connectivity index (χ0) is 37.1. The quantitative estimate of drug-likeness (QED) is 0.109. The van der Waals surface area contributed by atoms with Crippen LogP contribution in [0, 0.1) is 13.8 Å². The van der Waals surface area contributed by atoms with Crippen molar-refractivity contribution in [2.24, 2.45) is 0 Å². The van der Waals surface area contributed by atoms with Crippen LogP contribution in [0.4, 0.5) is 34.6 Å². The monoisotopic (exact) mass is 706 g/mol. The van der Waals surface area contributed by atoms with Crippen LogP contribution in [0.25, 0.3) is 32.9 Å². The number of H-pyrrole nitrogens is 2. The van der Waals surface area contributed by atoms with Crippen molar-refractivity contribution in [3.8, 4) is 11.4 Å². The van der Waals surface area contributed by atoms with Gasteiger partial charge >= 0.3 is 0 Å². The molecule has 15 nitrogen and oxygen atoms in total. The van der Waals surface area contributed by atoms with Crippen LogP contribution in [0.3, 0.4) is 0 Å². The van der Waals surface area contributed by atoms with Gasteiger partial charge in [0.2, 0.25) is 5.91 Å². The van der Waals surface area contributed by atoms with Crippen LogP contribution in [0.2, 0.25) is 0 Å². The van der Waals surface area contributed by atoms with Gasteiger partial charge in [-0.05, 0) is 74.5 Å². The summed E-state index contributed by atoms with van der Waals surface area (Å²) in [5.74, 6) is 2.17. The summed E-state index contributed by atoms with van der Waals surface area (Å²) in [4.78, 5) is 37.0. The van der Waals surface area contributed by atoms with Gasteiger partial charge in [-0.2, -0.15) is 19.6 Å². The lowest BCUT2D eigenvalue weighted by Crippen LogP contribution is -2.22. The van der Waals surface area contributed by atoms with Crippen molar-refractivity contribution in [3.63, 3.8) is 0 Å². The summed E-state index contributed by atoms with van der Waals surface area (Å²) < 4.78 is 2.70. The number of nitrogens with zero attached hydrogens (tertiary/aromatic N) is 6. The van der Waals surface area contributed by atoms with Crippen LogP contribution in [0.15, 0.2) is 119 Å². The molecule has 4 heterocycles. The van der Waals surface area contributed by atoms with E-state index in [1.54, 1.807) is 60.7 Å². The van der Waals surface area contributed by atoms with Gasteiger partial charge < -0.3 is 21.7 Å². The number of hydrogen-bond acceptors (Lipinski definition) is 10. The van der Waals surface area contributed by atoms with Gasteiger partial charge in [0, 0.05) is 52.6 Å². The normalized spacial score (nSPS) is 10.8. The fourth-order valence-electron chi connectivity index (χ4n) is 5.63. The van der Waals surface area contributed by atoms with Crippen molar-refractivity contribution in [2.45, 2.75) is 20.8 Å². The van der Waals surface area contributed by atoms with Crippen molar-refractivity contribution in [1.82, 2.24) is 40.0 Å². The molecule has 0 spiro atoms. The highest BCUT2D eigenvalue weighted by Gasteiger charge is 2.14. The van der Waals surface area contributed by atoms with E-state index in [1.807, 2.05) is 62.4 Å². The van der Waals surface area contributed by atoms with E-state index >= 15 is 0 Å². The topological polar surface area (TPSA) is 206 Å². The second-order valence-electron chi connectivity index (χ2n) is 12.2. The molecule has 0 aliphatic carbocycles. The van der Waals surface area contributed by atoms with Gasteiger partial charge in [0.1, 0.15) is 0 Å². The number of carbonyl (C=O) groups excluding carboxylic acids is 1. The highest BCUT2D eigenvalue weighted by molar-refractivity contribution is 5.93. The van der Waals surface area contributed by atoms with E-state index in [0.717, 1.165) is 16.8 Å². The smallest absolute Gasteiger partial charge is 0.279 e. The Kier molecular flexibility index (Phi) is 9.19. The molecule has 0 atom stereocenters. The number of benzene rings is 4. The van der Waals surface area contributed by atoms with Gasteiger partial charge in [0.15, 0.2) is 23.3 Å². The molecule has 264 valence electrons. The van der Waals surface area contributed by atoms with E-state index in [2.05, 4.69) is 46.5 Å². The van der Waals surface area contributed by atoms with E-state index in [0.29, 0.717) is 62.2 Å². The number of nitrogens with two attached hydrogens (primary N) is 1. The van der Waals surface area contributed by atoms with Gasteiger partial charge in [-0.1, -0.05) is 36.4 Å². The van der Waals surface area contributed by atoms with Crippen LogP contribution in [0.1, 0.15) is 18.3 Å². The van der Waals surface area contributed by atoms with Gasteiger partial charge in [-0.25, -0.2) is 0 Å². The van der Waals surface area contributed by atoms with E-state index < -0.39 is 0 Å². The van der Waals surface area contributed by atoms with E-state index in [1.165, 1.54) is 16.3 Å². The molecule has 0 aliphatic rings. The Balaban J connectivity index is 0.000000165. The first-order valence-corrected chi connectivity index (χ1v) is 16.5. The van der Waals surface area contributed by atoms with E-state index in [9.17, 15) is 14.4 Å². The van der Waals surface area contributed by atoms with Crippen molar-refractivity contribution >= 4 is 62.1 Å². The third-order valence-corrected chi connectivity index (χ3v) is 8.08. The lowest BCUT2D eigenvalue weighted by Gasteiger charge is -2.12. The molecule has 0 aliphatic heterocycles. The second kappa shape index (κ2) is 14.4. The van der Waals surface area contributed by atoms with Crippen LogP contribution in [-0.2, 0) is 4.79 Å². The predicted molar refractivity (Wildman–Crippen MR) is 207 cm³/mol. The molecule has 0 unspecified atom stereocenters. The van der Waals surface area contributed by atoms with Gasteiger partial charge in [-0.3, -0.25) is 24.6 Å². The highest BCUT2D eigenvalue weighted by Crippen LogP contribution is 2.24. The van der Waals surface area contributed by atoms with Gasteiger partial charge in [0.25, 0.3) is 11.1 Å². The lowest BCUT2D eigenvalue weighted by atomic mass is 10.2.